The molecule has 20 heavy (non-hydrogen) atoms. The summed E-state index contributed by atoms with van der Waals surface area (Å²) in [5.41, 5.74) is 1.93. The third kappa shape index (κ3) is 2.80. The van der Waals surface area contributed by atoms with Crippen LogP contribution in [0, 0.1) is 5.92 Å². The fourth-order valence-corrected chi connectivity index (χ4v) is 4.75. The van der Waals surface area contributed by atoms with E-state index in [1.54, 1.807) is 10.9 Å². The maximum Gasteiger partial charge on any atom is 0.256 e. The Balaban J connectivity index is 1.77. The van der Waals surface area contributed by atoms with Crippen molar-refractivity contribution in [1.29, 1.82) is 0 Å². The Labute approximate surface area is 119 Å². The van der Waals surface area contributed by atoms with Gasteiger partial charge >= 0.3 is 0 Å². The van der Waals surface area contributed by atoms with Crippen LogP contribution in [0.2, 0.25) is 0 Å². The van der Waals surface area contributed by atoms with E-state index in [0.29, 0.717) is 19.4 Å². The molecule has 1 aliphatic carbocycles. The molecule has 0 radical (unpaired) electrons. The Hall–Kier alpha value is -1.17. The predicted molar refractivity (Wildman–Crippen MR) is 76.5 cm³/mol. The Morgan fingerprint density at radius 2 is 1.90 bits per heavy atom. The molecule has 0 atom stereocenters. The quantitative estimate of drug-likeness (QED) is 0.814. The van der Waals surface area contributed by atoms with Crippen LogP contribution in [-0.2, 0) is 29.2 Å². The van der Waals surface area contributed by atoms with Crippen molar-refractivity contribution in [3.8, 4) is 0 Å². The molecule has 0 unspecified atom stereocenters. The molecule has 1 aromatic rings. The van der Waals surface area contributed by atoms with Gasteiger partial charge in [-0.3, -0.25) is 9.36 Å². The maximum atomic E-state index is 12.4. The van der Waals surface area contributed by atoms with Crippen molar-refractivity contribution in [3.63, 3.8) is 0 Å². The standard InChI is InChI=1S/C14H20N2O3S/c17-14-12-3-1-2-4-13(12)15-10-16(14)9-11-5-7-20(18,19)8-6-11/h10-11H,1-9H2. The summed E-state index contributed by atoms with van der Waals surface area (Å²) in [6.45, 7) is 0.606. The van der Waals surface area contributed by atoms with Gasteiger partial charge in [0, 0.05) is 12.1 Å². The highest BCUT2D eigenvalue weighted by molar-refractivity contribution is 7.91. The van der Waals surface area contributed by atoms with Crippen LogP contribution >= 0.6 is 0 Å². The minimum atomic E-state index is -2.84. The van der Waals surface area contributed by atoms with Gasteiger partial charge in [0.25, 0.3) is 5.56 Å². The van der Waals surface area contributed by atoms with Gasteiger partial charge in [-0.05, 0) is 44.4 Å². The zero-order valence-electron chi connectivity index (χ0n) is 11.5. The van der Waals surface area contributed by atoms with Crippen molar-refractivity contribution in [1.82, 2.24) is 9.55 Å². The normalized spacial score (nSPS) is 22.4. The number of aryl methyl sites for hydroxylation is 1. The zero-order valence-corrected chi connectivity index (χ0v) is 12.4. The molecule has 3 rings (SSSR count). The summed E-state index contributed by atoms with van der Waals surface area (Å²) in [4.78, 5) is 16.8. The van der Waals surface area contributed by atoms with Crippen LogP contribution in [0.15, 0.2) is 11.1 Å². The van der Waals surface area contributed by atoms with E-state index in [-0.39, 0.29) is 23.0 Å². The van der Waals surface area contributed by atoms with E-state index in [9.17, 15) is 13.2 Å². The van der Waals surface area contributed by atoms with Crippen LogP contribution in [0.3, 0.4) is 0 Å². The van der Waals surface area contributed by atoms with E-state index >= 15 is 0 Å². The second kappa shape index (κ2) is 5.31. The first kappa shape index (κ1) is 13.8. The highest BCUT2D eigenvalue weighted by Gasteiger charge is 2.24. The molecule has 110 valence electrons. The van der Waals surface area contributed by atoms with Crippen molar-refractivity contribution in [2.24, 2.45) is 5.92 Å². The van der Waals surface area contributed by atoms with Gasteiger partial charge in [0.15, 0.2) is 0 Å². The van der Waals surface area contributed by atoms with E-state index in [4.69, 9.17) is 0 Å². The molecule has 2 aliphatic rings. The molecule has 6 heteroatoms. The maximum absolute atomic E-state index is 12.4. The van der Waals surface area contributed by atoms with Crippen LogP contribution in [0.4, 0.5) is 0 Å². The Bertz CT molecular complexity index is 649. The van der Waals surface area contributed by atoms with Crippen molar-refractivity contribution in [2.45, 2.75) is 45.1 Å². The summed E-state index contributed by atoms with van der Waals surface area (Å²) in [5, 5.41) is 0. The first-order chi connectivity index (χ1) is 9.55. The highest BCUT2D eigenvalue weighted by atomic mass is 32.2. The minimum absolute atomic E-state index is 0.0862. The molecule has 0 saturated carbocycles. The molecule has 0 aromatic carbocycles. The molecule has 0 spiro atoms. The van der Waals surface area contributed by atoms with Crippen LogP contribution in [0.1, 0.15) is 36.9 Å². The van der Waals surface area contributed by atoms with Gasteiger partial charge in [-0.15, -0.1) is 0 Å². The Kier molecular flexibility index (Phi) is 3.67. The zero-order chi connectivity index (χ0) is 14.2. The van der Waals surface area contributed by atoms with Gasteiger partial charge in [-0.25, -0.2) is 13.4 Å². The highest BCUT2D eigenvalue weighted by Crippen LogP contribution is 2.21. The van der Waals surface area contributed by atoms with Crippen molar-refractivity contribution in [3.05, 3.63) is 27.9 Å². The van der Waals surface area contributed by atoms with E-state index in [2.05, 4.69) is 4.98 Å². The molecule has 0 N–H and O–H groups in total. The molecule has 1 aromatic heterocycles. The SMILES string of the molecule is O=c1c2c(ncn1CC1CCS(=O)(=O)CC1)CCCC2. The van der Waals surface area contributed by atoms with Gasteiger partial charge in [-0.1, -0.05) is 0 Å². The third-order valence-corrected chi connectivity index (χ3v) is 6.16. The van der Waals surface area contributed by atoms with E-state index < -0.39 is 9.84 Å². The summed E-state index contributed by atoms with van der Waals surface area (Å²) in [7, 11) is -2.84. The lowest BCUT2D eigenvalue weighted by Gasteiger charge is -2.23. The second-order valence-corrected chi connectivity index (χ2v) is 8.23. The average Bonchev–Trinajstić information content (AvgIpc) is 2.44. The molecule has 1 aliphatic heterocycles. The Morgan fingerprint density at radius 1 is 1.20 bits per heavy atom. The van der Waals surface area contributed by atoms with Crippen LogP contribution in [-0.4, -0.2) is 29.5 Å². The summed E-state index contributed by atoms with van der Waals surface area (Å²) in [5.74, 6) is 0.787. The van der Waals surface area contributed by atoms with Crippen molar-refractivity contribution < 1.29 is 8.42 Å². The van der Waals surface area contributed by atoms with Crippen LogP contribution < -0.4 is 5.56 Å². The summed E-state index contributed by atoms with van der Waals surface area (Å²) >= 11 is 0. The molecule has 2 heterocycles. The number of nitrogens with zero attached hydrogens (tertiary/aromatic N) is 2. The van der Waals surface area contributed by atoms with Gasteiger partial charge in [0.2, 0.25) is 0 Å². The number of hydrogen-bond acceptors (Lipinski definition) is 4. The fraction of sp³-hybridized carbons (Fsp3) is 0.714. The summed E-state index contributed by atoms with van der Waals surface area (Å²) in [6.07, 6.45) is 6.89. The topological polar surface area (TPSA) is 69.0 Å². The number of sulfone groups is 1. The molecule has 5 nitrogen and oxygen atoms in total. The molecule has 1 saturated heterocycles. The fourth-order valence-electron chi connectivity index (χ4n) is 3.16. The lowest BCUT2D eigenvalue weighted by Crippen LogP contribution is -2.33. The molecule has 1 fully saturated rings. The molecule has 0 bridgehead atoms. The third-order valence-electron chi connectivity index (χ3n) is 4.44. The smallest absolute Gasteiger partial charge is 0.256 e. The average molecular weight is 296 g/mol. The summed E-state index contributed by atoms with van der Waals surface area (Å²) in [6, 6.07) is 0. The van der Waals surface area contributed by atoms with Gasteiger partial charge in [-0.2, -0.15) is 0 Å². The van der Waals surface area contributed by atoms with E-state index in [1.165, 1.54) is 0 Å². The predicted octanol–water partition coefficient (Wildman–Crippen LogP) is 0.947. The number of rotatable bonds is 2. The van der Waals surface area contributed by atoms with Gasteiger partial charge in [0.1, 0.15) is 9.84 Å². The van der Waals surface area contributed by atoms with Gasteiger partial charge < -0.3 is 0 Å². The molecular weight excluding hydrogens is 276 g/mol. The lowest BCUT2D eigenvalue weighted by atomic mass is 9.97. The Morgan fingerprint density at radius 3 is 2.65 bits per heavy atom. The number of fused-ring (bicyclic) bond motifs is 1. The van der Waals surface area contributed by atoms with Crippen molar-refractivity contribution in [2.75, 3.05) is 11.5 Å². The minimum Gasteiger partial charge on any atom is -0.299 e. The van der Waals surface area contributed by atoms with Crippen LogP contribution in [0.25, 0.3) is 0 Å². The largest absolute Gasteiger partial charge is 0.299 e. The number of aromatic nitrogens is 2. The number of hydrogen-bond donors (Lipinski definition) is 0. The molecular formula is C14H20N2O3S. The second-order valence-electron chi connectivity index (χ2n) is 5.93. The van der Waals surface area contributed by atoms with Gasteiger partial charge in [0.05, 0.1) is 23.5 Å². The van der Waals surface area contributed by atoms with Crippen molar-refractivity contribution >= 4 is 9.84 Å². The molecule has 0 amide bonds. The first-order valence-electron chi connectivity index (χ1n) is 7.33. The van der Waals surface area contributed by atoms with Crippen LogP contribution in [0.5, 0.6) is 0 Å². The summed E-state index contributed by atoms with van der Waals surface area (Å²) < 4.78 is 24.5. The monoisotopic (exact) mass is 296 g/mol. The first-order valence-corrected chi connectivity index (χ1v) is 9.15. The van der Waals surface area contributed by atoms with E-state index in [1.807, 2.05) is 0 Å². The van der Waals surface area contributed by atoms with E-state index in [0.717, 1.165) is 36.9 Å². The lowest BCUT2D eigenvalue weighted by molar-refractivity contribution is 0.393.